The number of benzene rings is 2. The molecular formula is C32H32FN3O3S. The lowest BCUT2D eigenvalue weighted by molar-refractivity contribution is 0.0156. The van der Waals surface area contributed by atoms with Gasteiger partial charge in [0, 0.05) is 29.8 Å². The van der Waals surface area contributed by atoms with E-state index in [4.69, 9.17) is 4.74 Å². The standard InChI is InChI=1S/C32H32FN3O3S/c1-20-9-7-12-24(33)28(20)35-30(37)27-19-21-16-18-36(26-14-6-5-11-23(26)29(21)40-27)31(38)25-13-8-10-22(34-25)15-17-32(2,3)39-4/h5-14,19H,15-18H2,1-4H3,(H,35,37). The number of carbonyl (C=O) groups is 2. The van der Waals surface area contributed by atoms with Crippen molar-refractivity contribution in [3.8, 4) is 10.4 Å². The lowest BCUT2D eigenvalue weighted by Crippen LogP contribution is -2.33. The van der Waals surface area contributed by atoms with Gasteiger partial charge in [-0.25, -0.2) is 9.37 Å². The smallest absolute Gasteiger partial charge is 0.276 e. The van der Waals surface area contributed by atoms with Gasteiger partial charge in [0.2, 0.25) is 0 Å². The Bertz CT molecular complexity index is 1560. The number of ether oxygens (including phenoxy) is 1. The topological polar surface area (TPSA) is 71.5 Å². The number of aryl methyl sites for hydroxylation is 2. The van der Waals surface area contributed by atoms with Crippen molar-refractivity contribution in [1.29, 1.82) is 0 Å². The van der Waals surface area contributed by atoms with Crippen molar-refractivity contribution < 1.29 is 18.7 Å². The van der Waals surface area contributed by atoms with Crippen molar-refractivity contribution in [3.63, 3.8) is 0 Å². The van der Waals surface area contributed by atoms with E-state index in [1.807, 2.05) is 56.3 Å². The number of fused-ring (bicyclic) bond motifs is 3. The summed E-state index contributed by atoms with van der Waals surface area (Å²) in [5.41, 5.74) is 4.45. The average Bonchev–Trinajstić information content (AvgIpc) is 3.32. The Morgan fingerprint density at radius 1 is 1.10 bits per heavy atom. The molecule has 0 spiro atoms. The number of nitrogens with one attached hydrogen (secondary N) is 1. The molecule has 0 radical (unpaired) electrons. The lowest BCUT2D eigenvalue weighted by atomic mass is 10.0. The number of methoxy groups -OCH3 is 1. The van der Waals surface area contributed by atoms with Gasteiger partial charge in [-0.2, -0.15) is 0 Å². The number of carbonyl (C=O) groups excluding carboxylic acids is 2. The van der Waals surface area contributed by atoms with Crippen LogP contribution in [0.2, 0.25) is 0 Å². The number of hydrogen-bond acceptors (Lipinski definition) is 5. The van der Waals surface area contributed by atoms with Crippen molar-refractivity contribution >= 4 is 34.5 Å². The molecule has 2 aromatic heterocycles. The highest BCUT2D eigenvalue weighted by atomic mass is 32.1. The highest BCUT2D eigenvalue weighted by Gasteiger charge is 2.28. The third-order valence-electron chi connectivity index (χ3n) is 7.34. The summed E-state index contributed by atoms with van der Waals surface area (Å²) in [6.45, 7) is 6.26. The molecule has 8 heteroatoms. The first-order valence-electron chi connectivity index (χ1n) is 13.3. The van der Waals surface area contributed by atoms with E-state index in [0.717, 1.165) is 33.8 Å². The second kappa shape index (κ2) is 11.3. The van der Waals surface area contributed by atoms with Crippen molar-refractivity contribution in [2.75, 3.05) is 23.9 Å². The number of halogens is 1. The summed E-state index contributed by atoms with van der Waals surface area (Å²) in [6.07, 6.45) is 2.06. The number of amides is 2. The van der Waals surface area contributed by atoms with Crippen LogP contribution in [0.1, 0.15) is 57.2 Å². The molecule has 0 saturated carbocycles. The average molecular weight is 558 g/mol. The van der Waals surface area contributed by atoms with Crippen LogP contribution in [0.4, 0.5) is 15.8 Å². The lowest BCUT2D eigenvalue weighted by Gasteiger charge is -2.24. The highest BCUT2D eigenvalue weighted by molar-refractivity contribution is 7.17. The molecular weight excluding hydrogens is 525 g/mol. The summed E-state index contributed by atoms with van der Waals surface area (Å²) in [7, 11) is 1.70. The summed E-state index contributed by atoms with van der Waals surface area (Å²) < 4.78 is 19.9. The zero-order valence-corrected chi connectivity index (χ0v) is 23.9. The number of nitrogens with zero attached hydrogens (tertiary/aromatic N) is 2. The summed E-state index contributed by atoms with van der Waals surface area (Å²) in [4.78, 5) is 34.8. The molecule has 0 unspecified atom stereocenters. The van der Waals surface area contributed by atoms with Gasteiger partial charge in [0.1, 0.15) is 11.5 Å². The molecule has 40 heavy (non-hydrogen) atoms. The number of pyridine rings is 1. The SMILES string of the molecule is COC(C)(C)CCc1cccc(C(=O)N2CCc3cc(C(=O)Nc4c(C)cccc4F)sc3-c3ccccc32)n1. The predicted octanol–water partition coefficient (Wildman–Crippen LogP) is 7.07. The Kier molecular flexibility index (Phi) is 7.83. The molecule has 1 aliphatic heterocycles. The van der Waals surface area contributed by atoms with E-state index in [2.05, 4.69) is 10.3 Å². The second-order valence-corrected chi connectivity index (χ2v) is 11.6. The number of thiophene rings is 1. The van der Waals surface area contributed by atoms with Crippen molar-refractivity contribution in [2.45, 2.75) is 45.6 Å². The van der Waals surface area contributed by atoms with Gasteiger partial charge in [-0.1, -0.05) is 36.4 Å². The van der Waals surface area contributed by atoms with Gasteiger partial charge in [-0.3, -0.25) is 9.59 Å². The van der Waals surface area contributed by atoms with E-state index >= 15 is 0 Å². The van der Waals surface area contributed by atoms with E-state index in [9.17, 15) is 14.0 Å². The van der Waals surface area contributed by atoms with Crippen LogP contribution in [0.3, 0.4) is 0 Å². The minimum Gasteiger partial charge on any atom is -0.379 e. The molecule has 0 fully saturated rings. The maximum atomic E-state index is 14.3. The Hall–Kier alpha value is -3.88. The molecule has 3 heterocycles. The van der Waals surface area contributed by atoms with Gasteiger partial charge in [-0.15, -0.1) is 11.3 Å². The van der Waals surface area contributed by atoms with E-state index < -0.39 is 5.82 Å². The molecule has 1 N–H and O–H groups in total. The highest BCUT2D eigenvalue weighted by Crippen LogP contribution is 2.42. The Balaban J connectivity index is 1.41. The van der Waals surface area contributed by atoms with Gasteiger partial charge < -0.3 is 15.0 Å². The normalized spacial score (nSPS) is 12.9. The fourth-order valence-corrected chi connectivity index (χ4v) is 5.93. The van der Waals surface area contributed by atoms with Crippen molar-refractivity contribution in [3.05, 3.63) is 99.9 Å². The molecule has 2 amide bonds. The van der Waals surface area contributed by atoms with Crippen LogP contribution < -0.4 is 10.2 Å². The van der Waals surface area contributed by atoms with Crippen molar-refractivity contribution in [1.82, 2.24) is 4.98 Å². The molecule has 6 nitrogen and oxygen atoms in total. The molecule has 0 aliphatic carbocycles. The van der Waals surface area contributed by atoms with Gasteiger partial charge in [0.25, 0.3) is 11.8 Å². The zero-order chi connectivity index (χ0) is 28.4. The number of rotatable bonds is 7. The Morgan fingerprint density at radius 3 is 2.65 bits per heavy atom. The van der Waals surface area contributed by atoms with E-state index in [-0.39, 0.29) is 23.1 Å². The number of hydrogen-bond donors (Lipinski definition) is 1. The predicted molar refractivity (Wildman–Crippen MR) is 158 cm³/mol. The maximum Gasteiger partial charge on any atom is 0.276 e. The molecule has 4 aromatic rings. The van der Waals surface area contributed by atoms with E-state index in [1.165, 1.54) is 17.4 Å². The molecule has 2 aromatic carbocycles. The first kappa shape index (κ1) is 27.7. The Labute approximate surface area is 237 Å². The second-order valence-electron chi connectivity index (χ2n) is 10.6. The van der Waals surface area contributed by atoms with Gasteiger partial charge in [0.05, 0.1) is 21.9 Å². The molecule has 1 aliphatic rings. The Morgan fingerprint density at radius 2 is 1.88 bits per heavy atom. The van der Waals surface area contributed by atoms with Crippen LogP contribution in [0.25, 0.3) is 10.4 Å². The van der Waals surface area contributed by atoms with Crippen molar-refractivity contribution in [2.24, 2.45) is 0 Å². The van der Waals surface area contributed by atoms with E-state index in [1.54, 1.807) is 37.1 Å². The van der Waals surface area contributed by atoms with Gasteiger partial charge in [-0.05, 0) is 81.5 Å². The first-order chi connectivity index (χ1) is 19.2. The van der Waals surface area contributed by atoms with Crippen LogP contribution in [-0.4, -0.2) is 36.1 Å². The third-order valence-corrected chi connectivity index (χ3v) is 8.55. The molecule has 0 atom stereocenters. The maximum absolute atomic E-state index is 14.3. The van der Waals surface area contributed by atoms with Crippen LogP contribution in [0, 0.1) is 12.7 Å². The van der Waals surface area contributed by atoms with Crippen LogP contribution >= 0.6 is 11.3 Å². The van der Waals surface area contributed by atoms with Crippen LogP contribution in [0.5, 0.6) is 0 Å². The molecule has 0 saturated heterocycles. The first-order valence-corrected chi connectivity index (χ1v) is 14.1. The summed E-state index contributed by atoms with van der Waals surface area (Å²) in [6, 6.07) is 19.9. The minimum atomic E-state index is -0.467. The summed E-state index contributed by atoms with van der Waals surface area (Å²) in [5.74, 6) is -0.983. The minimum absolute atomic E-state index is 0.163. The van der Waals surface area contributed by atoms with Crippen LogP contribution in [0.15, 0.2) is 66.7 Å². The van der Waals surface area contributed by atoms with E-state index in [0.29, 0.717) is 35.5 Å². The fourth-order valence-electron chi connectivity index (χ4n) is 4.79. The molecule has 0 bridgehead atoms. The number of para-hydroxylation sites is 2. The van der Waals surface area contributed by atoms with Crippen LogP contribution in [-0.2, 0) is 17.6 Å². The fraction of sp³-hybridized carbons (Fsp3) is 0.281. The third kappa shape index (κ3) is 5.69. The van der Waals surface area contributed by atoms with Gasteiger partial charge >= 0.3 is 0 Å². The molecule has 206 valence electrons. The van der Waals surface area contributed by atoms with Gasteiger partial charge in [0.15, 0.2) is 0 Å². The summed E-state index contributed by atoms with van der Waals surface area (Å²) >= 11 is 1.35. The quantitative estimate of drug-likeness (QED) is 0.264. The largest absolute Gasteiger partial charge is 0.379 e. The zero-order valence-electron chi connectivity index (χ0n) is 23.1. The monoisotopic (exact) mass is 557 g/mol. The summed E-state index contributed by atoms with van der Waals surface area (Å²) in [5, 5.41) is 2.74. The molecule has 5 rings (SSSR count). The number of aromatic nitrogens is 1. The number of anilines is 2.